The monoisotopic (exact) mass is 214 g/mol. The average Bonchev–Trinajstić information content (AvgIpc) is 2.19. The first-order valence-electron chi connectivity index (χ1n) is 3.65. The van der Waals surface area contributed by atoms with Crippen molar-refractivity contribution in [2.75, 3.05) is 12.0 Å². The summed E-state index contributed by atoms with van der Waals surface area (Å²) in [6, 6.07) is 4.74. The summed E-state index contributed by atoms with van der Waals surface area (Å²) in [7, 11) is 1.15. The Bertz CT molecular complexity index is 342. The normalized spacial score (nSPS) is 9.29. The molecule has 0 saturated carbocycles. The summed E-state index contributed by atoms with van der Waals surface area (Å²) in [5.74, 6) is 0.124. The fourth-order valence-electron chi connectivity index (χ4n) is 0.833. The number of anilines is 1. The van der Waals surface area contributed by atoms with Gasteiger partial charge in [-0.2, -0.15) is 4.90 Å². The fraction of sp³-hybridized carbons (Fsp3) is 0.125. The zero-order chi connectivity index (χ0) is 10.6. The van der Waals surface area contributed by atoms with E-state index in [9.17, 15) is 9.59 Å². The largest absolute Gasteiger partial charge is 0.452 e. The molecule has 0 aliphatic rings. The Hall–Kier alpha value is -1.62. The maximum absolute atomic E-state index is 11.1. The second kappa shape index (κ2) is 4.57. The van der Waals surface area contributed by atoms with Crippen LogP contribution in [-0.4, -0.2) is 23.6 Å². The van der Waals surface area contributed by atoms with Crippen molar-refractivity contribution in [1.29, 1.82) is 0 Å². The molecule has 5 nitrogen and oxygen atoms in total. The van der Waals surface area contributed by atoms with Gasteiger partial charge in [0, 0.05) is 6.20 Å². The van der Waals surface area contributed by atoms with E-state index in [0.29, 0.717) is 4.90 Å². The van der Waals surface area contributed by atoms with Crippen LogP contribution in [0.25, 0.3) is 0 Å². The van der Waals surface area contributed by atoms with Crippen LogP contribution >= 0.6 is 11.6 Å². The molecule has 0 aromatic carbocycles. The van der Waals surface area contributed by atoms with E-state index in [1.54, 1.807) is 12.1 Å². The van der Waals surface area contributed by atoms with Crippen LogP contribution in [0.4, 0.5) is 15.4 Å². The van der Waals surface area contributed by atoms with Crippen LogP contribution < -0.4 is 4.90 Å². The quantitative estimate of drug-likeness (QED) is 0.530. The van der Waals surface area contributed by atoms with Crippen molar-refractivity contribution < 1.29 is 14.3 Å². The number of methoxy groups -OCH3 is 1. The highest BCUT2D eigenvalue weighted by Crippen LogP contribution is 2.12. The fourth-order valence-corrected chi connectivity index (χ4v) is 0.988. The predicted octanol–water partition coefficient (Wildman–Crippen LogP) is 2.01. The molecule has 0 bridgehead atoms. The highest BCUT2D eigenvalue weighted by atomic mass is 35.5. The van der Waals surface area contributed by atoms with Gasteiger partial charge in [0.15, 0.2) is 0 Å². The van der Waals surface area contributed by atoms with E-state index in [1.165, 1.54) is 12.3 Å². The van der Waals surface area contributed by atoms with E-state index in [-0.39, 0.29) is 5.82 Å². The summed E-state index contributed by atoms with van der Waals surface area (Å²) in [5.41, 5.74) is 0. The Labute approximate surface area is 85.2 Å². The van der Waals surface area contributed by atoms with Crippen molar-refractivity contribution in [2.45, 2.75) is 0 Å². The van der Waals surface area contributed by atoms with Crippen molar-refractivity contribution >= 4 is 28.9 Å². The SMILES string of the molecule is COC(=O)N(C(=O)Cl)c1ccccn1. The average molecular weight is 215 g/mol. The maximum atomic E-state index is 11.1. The van der Waals surface area contributed by atoms with Crippen LogP contribution in [0.2, 0.25) is 0 Å². The molecule has 1 heterocycles. The number of aromatic nitrogens is 1. The summed E-state index contributed by atoms with van der Waals surface area (Å²) in [6.07, 6.45) is 0.564. The van der Waals surface area contributed by atoms with Crippen LogP contribution in [0.5, 0.6) is 0 Å². The van der Waals surface area contributed by atoms with Gasteiger partial charge in [0.2, 0.25) is 0 Å². The third kappa shape index (κ3) is 2.20. The molecular weight excluding hydrogens is 208 g/mol. The van der Waals surface area contributed by atoms with E-state index in [4.69, 9.17) is 11.6 Å². The highest BCUT2D eigenvalue weighted by molar-refractivity contribution is 6.68. The molecule has 1 aromatic rings. The van der Waals surface area contributed by atoms with Gasteiger partial charge in [-0.25, -0.2) is 9.78 Å². The van der Waals surface area contributed by atoms with Crippen molar-refractivity contribution in [3.05, 3.63) is 24.4 Å². The molecule has 0 aliphatic carbocycles. The number of imide groups is 1. The molecule has 6 heteroatoms. The summed E-state index contributed by atoms with van der Waals surface area (Å²) in [5, 5.41) is -0.962. The highest BCUT2D eigenvalue weighted by Gasteiger charge is 2.23. The number of amides is 2. The van der Waals surface area contributed by atoms with Gasteiger partial charge in [0.1, 0.15) is 5.82 Å². The maximum Gasteiger partial charge on any atom is 0.423 e. The lowest BCUT2D eigenvalue weighted by Gasteiger charge is -2.14. The minimum absolute atomic E-state index is 0.124. The topological polar surface area (TPSA) is 59.5 Å². The molecule has 0 unspecified atom stereocenters. The number of rotatable bonds is 1. The Morgan fingerprint density at radius 3 is 2.64 bits per heavy atom. The Balaban J connectivity index is 3.01. The first kappa shape index (κ1) is 10.5. The van der Waals surface area contributed by atoms with Crippen molar-refractivity contribution in [3.63, 3.8) is 0 Å². The molecule has 0 saturated heterocycles. The molecule has 14 heavy (non-hydrogen) atoms. The molecule has 0 radical (unpaired) electrons. The van der Waals surface area contributed by atoms with Crippen molar-refractivity contribution in [2.24, 2.45) is 0 Å². The first-order chi connectivity index (χ1) is 6.66. The lowest BCUT2D eigenvalue weighted by Crippen LogP contribution is -2.33. The van der Waals surface area contributed by atoms with E-state index >= 15 is 0 Å². The van der Waals surface area contributed by atoms with Gasteiger partial charge in [0.25, 0.3) is 0 Å². The van der Waals surface area contributed by atoms with Gasteiger partial charge in [0.05, 0.1) is 7.11 Å². The van der Waals surface area contributed by atoms with Gasteiger partial charge in [-0.15, -0.1) is 0 Å². The van der Waals surface area contributed by atoms with E-state index in [0.717, 1.165) is 7.11 Å². The number of hydrogen-bond donors (Lipinski definition) is 0. The lowest BCUT2D eigenvalue weighted by molar-refractivity contribution is 0.179. The zero-order valence-corrected chi connectivity index (χ0v) is 8.06. The van der Waals surface area contributed by atoms with Gasteiger partial charge in [-0.3, -0.25) is 4.79 Å². The smallest absolute Gasteiger partial charge is 0.423 e. The number of pyridine rings is 1. The molecule has 0 fully saturated rings. The van der Waals surface area contributed by atoms with Crippen LogP contribution in [0.3, 0.4) is 0 Å². The van der Waals surface area contributed by atoms with Crippen molar-refractivity contribution in [3.8, 4) is 0 Å². The zero-order valence-electron chi connectivity index (χ0n) is 7.31. The predicted molar refractivity (Wildman–Crippen MR) is 50.4 cm³/mol. The summed E-state index contributed by atoms with van der Waals surface area (Å²) < 4.78 is 4.37. The van der Waals surface area contributed by atoms with Crippen LogP contribution in [0.1, 0.15) is 0 Å². The number of nitrogens with zero attached hydrogens (tertiary/aromatic N) is 2. The standard InChI is InChI=1S/C8H7ClN2O3/c1-14-8(13)11(7(9)12)6-4-2-3-5-10-6/h2-5H,1H3. The van der Waals surface area contributed by atoms with Gasteiger partial charge < -0.3 is 4.74 Å². The lowest BCUT2D eigenvalue weighted by atomic mass is 10.4. The van der Waals surface area contributed by atoms with E-state index in [1.807, 2.05) is 0 Å². The van der Waals surface area contributed by atoms with Crippen LogP contribution in [0.15, 0.2) is 24.4 Å². The van der Waals surface area contributed by atoms with E-state index < -0.39 is 11.5 Å². The first-order valence-corrected chi connectivity index (χ1v) is 4.03. The summed E-state index contributed by atoms with van der Waals surface area (Å²) >= 11 is 5.20. The molecule has 2 amide bonds. The molecule has 0 spiro atoms. The number of carbonyl (C=O) groups is 2. The summed E-state index contributed by atoms with van der Waals surface area (Å²) in [4.78, 5) is 26.4. The molecule has 74 valence electrons. The minimum atomic E-state index is -0.962. The third-order valence-corrected chi connectivity index (χ3v) is 1.58. The van der Waals surface area contributed by atoms with Crippen molar-refractivity contribution in [1.82, 2.24) is 4.98 Å². The Kier molecular flexibility index (Phi) is 3.41. The molecule has 0 N–H and O–H groups in total. The molecule has 0 atom stereocenters. The Morgan fingerprint density at radius 2 is 2.21 bits per heavy atom. The summed E-state index contributed by atoms with van der Waals surface area (Å²) in [6.45, 7) is 0. The molecule has 0 aliphatic heterocycles. The molecule has 1 aromatic heterocycles. The Morgan fingerprint density at radius 1 is 1.50 bits per heavy atom. The number of halogens is 1. The second-order valence-electron chi connectivity index (χ2n) is 2.25. The van der Waals surface area contributed by atoms with Gasteiger partial charge in [-0.05, 0) is 23.7 Å². The third-order valence-electron chi connectivity index (χ3n) is 1.41. The molecule has 1 rings (SSSR count). The van der Waals surface area contributed by atoms with Gasteiger partial charge >= 0.3 is 11.5 Å². The number of hydrogen-bond acceptors (Lipinski definition) is 4. The number of ether oxygens (including phenoxy) is 1. The number of carbonyl (C=O) groups excluding carboxylic acids is 2. The van der Waals surface area contributed by atoms with Crippen LogP contribution in [0, 0.1) is 0 Å². The molecular formula is C8H7ClN2O3. The second-order valence-corrected chi connectivity index (χ2v) is 2.57. The van der Waals surface area contributed by atoms with E-state index in [2.05, 4.69) is 9.72 Å². The van der Waals surface area contributed by atoms with Gasteiger partial charge in [-0.1, -0.05) is 6.07 Å². The van der Waals surface area contributed by atoms with Crippen LogP contribution in [-0.2, 0) is 4.74 Å². The minimum Gasteiger partial charge on any atom is -0.452 e.